The van der Waals surface area contributed by atoms with Gasteiger partial charge < -0.3 is 97.9 Å². The summed E-state index contributed by atoms with van der Waals surface area (Å²) in [5, 5.41) is 25.8. The smallest absolute Gasteiger partial charge is 0.250 e. The number of nitrogen functional groups attached to an aromatic ring is 8. The van der Waals surface area contributed by atoms with E-state index in [0.717, 1.165) is 68.0 Å². The number of aryl methyl sites for hydroxylation is 4. The van der Waals surface area contributed by atoms with Crippen molar-refractivity contribution in [3.63, 3.8) is 0 Å². The molecular formula is C82H68Cl14F2N40O2S8. The zero-order chi connectivity index (χ0) is 107. The first kappa shape index (κ1) is 114. The number of rotatable bonds is 30. The van der Waals surface area contributed by atoms with E-state index in [1.165, 1.54) is 101 Å². The van der Waals surface area contributed by atoms with Gasteiger partial charge in [0.25, 0.3) is 0 Å². The van der Waals surface area contributed by atoms with Gasteiger partial charge in [0.1, 0.15) is 46.4 Å². The number of anilines is 24. The Labute approximate surface area is 940 Å². The SMILES string of the molecule is COc1ccc(Nc2nc(C)nc(N)n2)c(SSc2cc(OC)ccc2Nc2nc(N)nc(C(Cl)(Cl)Cl)n2)c1.Cc1nc(N)nc(Nc2ccc(Cl)cc2SSc2cc(Cl)ccc2Nc2nc(N)nc(C(Cl)(Cl)Cl)n2)n1.Cc1nc(N)nc(Nc2ccc(F)cc2SSc2cc(F)ccc2Nc2nc(N)nc(C(Cl)(Cl)Cl)n2)n1.Cc1nc(N)nc(Nc2ccccc2SSc2ccccc2Nc2nc(N)nc(C(Cl)(Cl)Cl)n2)n1. The van der Waals surface area contributed by atoms with Crippen LogP contribution >= 0.6 is 249 Å². The zero-order valence-corrected chi connectivity index (χ0v) is 92.6. The molecule has 16 rings (SSSR count). The lowest BCUT2D eigenvalue weighted by Gasteiger charge is -2.15. The molecule has 0 aliphatic rings. The number of benzene rings is 8. The van der Waals surface area contributed by atoms with Crippen molar-refractivity contribution in [1.82, 2.24) is 120 Å². The minimum absolute atomic E-state index is 0.0248. The number of halogens is 16. The van der Waals surface area contributed by atoms with Crippen molar-refractivity contribution in [3.05, 3.63) is 226 Å². The number of alkyl halides is 12. The summed E-state index contributed by atoms with van der Waals surface area (Å²) in [5.74, 6) is 3.19. The van der Waals surface area contributed by atoms with E-state index in [4.69, 9.17) is 218 Å². The Balaban J connectivity index is 0.000000165. The highest BCUT2D eigenvalue weighted by molar-refractivity contribution is 8.77. The summed E-state index contributed by atoms with van der Waals surface area (Å²) >= 11 is 83.4. The summed E-state index contributed by atoms with van der Waals surface area (Å²) < 4.78 is 31.6. The number of aromatic nitrogens is 24. The highest BCUT2D eigenvalue weighted by Crippen LogP contribution is 2.52. The second-order valence-electron chi connectivity index (χ2n) is 28.6. The van der Waals surface area contributed by atoms with Crippen molar-refractivity contribution in [1.29, 1.82) is 0 Å². The summed E-state index contributed by atoms with van der Waals surface area (Å²) in [6, 6.07) is 45.1. The van der Waals surface area contributed by atoms with E-state index in [-0.39, 0.29) is 101 Å². The van der Waals surface area contributed by atoms with Gasteiger partial charge >= 0.3 is 0 Å². The van der Waals surface area contributed by atoms with Gasteiger partial charge in [0.2, 0.25) is 110 Å². The fraction of sp³-hybridized carbons (Fsp3) is 0.122. The van der Waals surface area contributed by atoms with Gasteiger partial charge in [-0.05, 0) is 161 Å². The van der Waals surface area contributed by atoms with Gasteiger partial charge in [-0.1, -0.05) is 273 Å². The minimum atomic E-state index is -1.94. The van der Waals surface area contributed by atoms with Crippen molar-refractivity contribution in [2.24, 2.45) is 0 Å². The normalized spacial score (nSPS) is 11.3. The van der Waals surface area contributed by atoms with Crippen LogP contribution in [0.25, 0.3) is 0 Å². The quantitative estimate of drug-likeness (QED) is 0.0147. The van der Waals surface area contributed by atoms with Gasteiger partial charge in [0.05, 0.1) is 59.7 Å². The third-order valence-electron chi connectivity index (χ3n) is 17.5. The van der Waals surface area contributed by atoms with Crippen LogP contribution < -0.4 is 97.9 Å². The van der Waals surface area contributed by atoms with Gasteiger partial charge in [-0.15, -0.1) is 0 Å². The Hall–Kier alpha value is -11.0. The molecule has 8 aromatic carbocycles. The van der Waals surface area contributed by atoms with Crippen LogP contribution in [0, 0.1) is 39.3 Å². The van der Waals surface area contributed by atoms with Crippen LogP contribution in [0.1, 0.15) is 46.6 Å². The molecule has 0 saturated carbocycles. The van der Waals surface area contributed by atoms with Crippen molar-refractivity contribution in [3.8, 4) is 11.5 Å². The van der Waals surface area contributed by atoms with Crippen molar-refractivity contribution in [2.45, 2.75) is 82.0 Å². The van der Waals surface area contributed by atoms with Crippen LogP contribution in [-0.2, 0) is 15.2 Å². The number of nitrogens with two attached hydrogens (primary N) is 8. The number of nitrogens with one attached hydrogen (secondary N) is 8. The van der Waals surface area contributed by atoms with Gasteiger partial charge in [-0.25, -0.2) is 8.78 Å². The monoisotopic (exact) mass is 2430 g/mol. The minimum Gasteiger partial charge on any atom is -0.497 e. The molecule has 768 valence electrons. The van der Waals surface area contributed by atoms with Crippen LogP contribution in [0.3, 0.4) is 0 Å². The highest BCUT2D eigenvalue weighted by Gasteiger charge is 2.33. The summed E-state index contributed by atoms with van der Waals surface area (Å²) in [7, 11) is 14.2. The highest BCUT2D eigenvalue weighted by atomic mass is 35.6. The van der Waals surface area contributed by atoms with E-state index in [1.807, 2.05) is 78.9 Å². The molecule has 16 aromatic rings. The predicted octanol–water partition coefficient (Wildman–Crippen LogP) is 24.2. The first-order chi connectivity index (χ1) is 70.1. The van der Waals surface area contributed by atoms with Crippen LogP contribution in [0.4, 0.5) is 149 Å². The first-order valence-corrected chi connectivity index (χ1v) is 54.6. The molecule has 148 heavy (non-hydrogen) atoms. The Morgan fingerprint density at radius 1 is 0.230 bits per heavy atom. The fourth-order valence-electron chi connectivity index (χ4n) is 11.4. The molecule has 0 atom stereocenters. The number of hydrogen-bond donors (Lipinski definition) is 16. The molecule has 0 unspecified atom stereocenters. The van der Waals surface area contributed by atoms with Gasteiger partial charge in [0, 0.05) is 49.2 Å². The number of hydrogen-bond acceptors (Lipinski definition) is 50. The predicted molar refractivity (Wildman–Crippen MR) is 598 cm³/mol. The summed E-state index contributed by atoms with van der Waals surface area (Å²) in [6.07, 6.45) is 0. The molecule has 66 heteroatoms. The standard InChI is InChI=1S/C22H21Cl3N10O2S2.C20H15Cl5N10S2.C20H15Cl3F2N10S2.C20H17Cl3N10S2/c1-10-28-18(26)34-20(29-10)30-13-6-4-11(36-2)8-15(13)38-39-16-9-12(37-3)5-7-14(16)31-21-33-17(22(23,24)25)32-19(27)35-21;1-8-28-16(26)34-18(29-8)30-11-4-2-9(21)6-13(11)36-37-14-7-10(22)3-5-12(14)31-19-33-15(20(23,24)25)32-17(27)35-19;1-8-28-16(26)34-18(29-8)30-11-4-2-9(24)6-13(11)36-37-14-7-10(25)3-5-12(14)31-19-33-15(20(21,22)23)32-17(27)35-19;1-10-26-16(24)32-18(27-10)28-11-6-2-4-8-13(11)34-35-14-9-5-3-7-12(14)29-19-31-15(20(21,22)23)30-17(25)33-19/h4-9H,1-3H3,(H3,26,28,29,30,34)(H3,27,31,32,33,35);2*2-7H,1H3,(H3,26,28,29,30,34)(H3,27,31,32,33,35);2-9H,1H3,(H3,24,26,27,28,32)(H3,25,29,30,31,33). The van der Waals surface area contributed by atoms with E-state index >= 15 is 0 Å². The number of ether oxygens (including phenoxy) is 2. The van der Waals surface area contributed by atoms with Crippen LogP contribution in [-0.4, -0.2) is 134 Å². The Morgan fingerprint density at radius 3 is 0.662 bits per heavy atom. The molecule has 0 aliphatic heterocycles. The molecule has 8 aromatic heterocycles. The molecule has 8 heterocycles. The third kappa shape index (κ3) is 34.5. The van der Waals surface area contributed by atoms with E-state index in [2.05, 4.69) is 162 Å². The third-order valence-corrected chi connectivity index (χ3v) is 29.8. The molecule has 42 nitrogen and oxygen atoms in total. The lowest BCUT2D eigenvalue weighted by Crippen LogP contribution is -2.13. The van der Waals surface area contributed by atoms with E-state index < -0.39 is 26.8 Å². The maximum atomic E-state index is 14.1. The zero-order valence-electron chi connectivity index (χ0n) is 75.5. The molecule has 0 radical (unpaired) electrons. The summed E-state index contributed by atoms with van der Waals surface area (Å²) in [4.78, 5) is 104. The second kappa shape index (κ2) is 51.7. The maximum absolute atomic E-state index is 14.1. The first-order valence-electron chi connectivity index (χ1n) is 40.7. The topological polar surface area (TPSA) is 632 Å². The van der Waals surface area contributed by atoms with Crippen LogP contribution in [0.2, 0.25) is 10.0 Å². The Morgan fingerprint density at radius 2 is 0.426 bits per heavy atom. The van der Waals surface area contributed by atoms with E-state index in [0.29, 0.717) is 101 Å². The maximum Gasteiger partial charge on any atom is 0.250 e. The van der Waals surface area contributed by atoms with Gasteiger partial charge in [-0.2, -0.15) is 120 Å². The van der Waals surface area contributed by atoms with Crippen molar-refractivity contribution < 1.29 is 18.3 Å². The van der Waals surface area contributed by atoms with Gasteiger partial charge in [0.15, 0.2) is 23.3 Å². The van der Waals surface area contributed by atoms with Crippen LogP contribution in [0.15, 0.2) is 197 Å². The molecule has 0 aliphatic carbocycles. The van der Waals surface area contributed by atoms with E-state index in [1.54, 1.807) is 84.4 Å². The molecule has 0 bridgehead atoms. The van der Waals surface area contributed by atoms with E-state index in [9.17, 15) is 8.78 Å². The largest absolute Gasteiger partial charge is 0.497 e. The second-order valence-corrected chi connectivity index (χ2v) is 47.4. The Kier molecular flexibility index (Phi) is 39.8. The molecule has 0 fully saturated rings. The lowest BCUT2D eigenvalue weighted by atomic mass is 10.3. The summed E-state index contributed by atoms with van der Waals surface area (Å²) in [5.41, 5.74) is 51.2. The average molecular weight is 2440 g/mol. The van der Waals surface area contributed by atoms with Crippen molar-refractivity contribution in [2.75, 3.05) is 103 Å². The van der Waals surface area contributed by atoms with Crippen LogP contribution in [0.5, 0.6) is 11.5 Å². The number of nitrogens with zero attached hydrogens (tertiary/aromatic N) is 24. The molecule has 0 saturated heterocycles. The molecular weight excluding hydrogens is 2370 g/mol. The fourth-order valence-corrected chi connectivity index (χ4v) is 22.1. The summed E-state index contributed by atoms with van der Waals surface area (Å²) in [6.45, 7) is 6.87. The lowest BCUT2D eigenvalue weighted by molar-refractivity contribution is 0.413. The average Bonchev–Trinajstić information content (AvgIpc) is 0.817. The molecule has 0 amide bonds. The molecule has 0 spiro atoms. The Bertz CT molecular complexity index is 7200. The molecule has 24 N–H and O–H groups in total. The number of para-hydroxylation sites is 2. The van der Waals surface area contributed by atoms with Crippen molar-refractivity contribution >= 4 is 389 Å². The van der Waals surface area contributed by atoms with Gasteiger partial charge in [-0.3, -0.25) is 0 Å². The number of methoxy groups -OCH3 is 2.